The smallest absolute Gasteiger partial charge is 0.332 e. The zero-order chi connectivity index (χ0) is 12.1. The first-order chi connectivity index (χ1) is 6.84. The molecular weight excluding hydrogens is 224 g/mol. The van der Waals surface area contributed by atoms with E-state index in [2.05, 4.69) is 4.74 Å². The van der Waals surface area contributed by atoms with Crippen molar-refractivity contribution in [2.45, 2.75) is 19.9 Å². The molecule has 8 heteroatoms. The molecule has 0 saturated carbocycles. The van der Waals surface area contributed by atoms with Crippen LogP contribution in [0.4, 0.5) is 0 Å². The molecule has 0 radical (unpaired) electrons. The van der Waals surface area contributed by atoms with Crippen LogP contribution in [0.25, 0.3) is 0 Å². The van der Waals surface area contributed by atoms with Crippen LogP contribution >= 0.6 is 0 Å². The molecule has 0 aromatic heterocycles. The number of sulfonamides is 1. The first kappa shape index (κ1) is 13.8. The third kappa shape index (κ3) is 4.75. The molecule has 0 aliphatic heterocycles. The van der Waals surface area contributed by atoms with Gasteiger partial charge in [0.25, 0.3) is 5.91 Å². The summed E-state index contributed by atoms with van der Waals surface area (Å²) in [6.07, 6.45) is 0. The molecule has 0 rings (SSSR count). The number of carbonyl (C=O) groups excluding carboxylic acids is 2. The highest BCUT2D eigenvalue weighted by Crippen LogP contribution is 1.89. The number of amides is 1. The molecule has 0 spiro atoms. The van der Waals surface area contributed by atoms with Crippen molar-refractivity contribution in [2.24, 2.45) is 5.73 Å². The molecule has 1 atom stereocenters. The number of ether oxygens (including phenoxy) is 1. The maximum Gasteiger partial charge on any atom is 0.332 e. The van der Waals surface area contributed by atoms with Gasteiger partial charge < -0.3 is 10.5 Å². The van der Waals surface area contributed by atoms with Crippen LogP contribution in [0, 0.1) is 0 Å². The maximum atomic E-state index is 11.1. The Labute approximate surface area is 88.0 Å². The van der Waals surface area contributed by atoms with E-state index in [9.17, 15) is 18.0 Å². The number of nitrogens with two attached hydrogens (primary N) is 1. The zero-order valence-corrected chi connectivity index (χ0v) is 9.33. The van der Waals surface area contributed by atoms with E-state index in [1.54, 1.807) is 11.6 Å². The summed E-state index contributed by atoms with van der Waals surface area (Å²) in [4.78, 5) is 22.1. The Morgan fingerprint density at radius 3 is 2.33 bits per heavy atom. The third-order valence-electron chi connectivity index (χ3n) is 1.46. The number of rotatable bonds is 5. The van der Waals surface area contributed by atoms with Crippen LogP contribution in [-0.2, 0) is 24.3 Å². The molecule has 0 aromatic rings. The molecule has 0 heterocycles. The topological polar surface area (TPSA) is 116 Å². The van der Waals surface area contributed by atoms with Crippen molar-refractivity contribution in [1.29, 1.82) is 0 Å². The van der Waals surface area contributed by atoms with E-state index in [-0.39, 0.29) is 12.4 Å². The van der Waals surface area contributed by atoms with E-state index < -0.39 is 27.9 Å². The molecule has 88 valence electrons. The number of carbonyl (C=O) groups is 2. The normalized spacial score (nSPS) is 13.0. The van der Waals surface area contributed by atoms with Gasteiger partial charge in [0.2, 0.25) is 10.0 Å². The SMILES string of the molecule is CCOC(=O)C(N)C(=O)NS(=O)(=O)CC. The van der Waals surface area contributed by atoms with Crippen LogP contribution in [0.15, 0.2) is 0 Å². The first-order valence-electron chi connectivity index (χ1n) is 4.30. The van der Waals surface area contributed by atoms with Gasteiger partial charge in [-0.25, -0.2) is 13.2 Å². The van der Waals surface area contributed by atoms with E-state index in [0.717, 1.165) is 0 Å². The lowest BCUT2D eigenvalue weighted by atomic mass is 10.3. The molecule has 0 aliphatic carbocycles. The average Bonchev–Trinajstić information content (AvgIpc) is 2.16. The number of esters is 1. The van der Waals surface area contributed by atoms with Gasteiger partial charge in [-0.05, 0) is 13.8 Å². The fraction of sp³-hybridized carbons (Fsp3) is 0.714. The van der Waals surface area contributed by atoms with Gasteiger partial charge in [0.05, 0.1) is 12.4 Å². The quantitative estimate of drug-likeness (QED) is 0.437. The van der Waals surface area contributed by atoms with Gasteiger partial charge in [0.1, 0.15) is 0 Å². The van der Waals surface area contributed by atoms with Gasteiger partial charge in [0.15, 0.2) is 6.04 Å². The lowest BCUT2D eigenvalue weighted by molar-refractivity contribution is -0.147. The van der Waals surface area contributed by atoms with Crippen molar-refractivity contribution in [2.75, 3.05) is 12.4 Å². The van der Waals surface area contributed by atoms with E-state index in [1.165, 1.54) is 6.92 Å². The summed E-state index contributed by atoms with van der Waals surface area (Å²) in [6.45, 7) is 2.97. The molecule has 0 bridgehead atoms. The molecule has 15 heavy (non-hydrogen) atoms. The zero-order valence-electron chi connectivity index (χ0n) is 8.52. The van der Waals surface area contributed by atoms with Gasteiger partial charge in [0, 0.05) is 0 Å². The second-order valence-electron chi connectivity index (χ2n) is 2.60. The summed E-state index contributed by atoms with van der Waals surface area (Å²) in [5.41, 5.74) is 5.16. The monoisotopic (exact) mass is 238 g/mol. The first-order valence-corrected chi connectivity index (χ1v) is 5.95. The van der Waals surface area contributed by atoms with Crippen LogP contribution in [0.3, 0.4) is 0 Å². The second-order valence-corrected chi connectivity index (χ2v) is 4.61. The van der Waals surface area contributed by atoms with Crippen LogP contribution < -0.4 is 10.5 Å². The molecular formula is C7H14N2O5S. The largest absolute Gasteiger partial charge is 0.464 e. The van der Waals surface area contributed by atoms with Gasteiger partial charge in [-0.3, -0.25) is 9.52 Å². The molecule has 0 fully saturated rings. The summed E-state index contributed by atoms with van der Waals surface area (Å²) < 4.78 is 28.0. The van der Waals surface area contributed by atoms with Crippen molar-refractivity contribution < 1.29 is 22.7 Å². The minimum absolute atomic E-state index is 0.0698. The van der Waals surface area contributed by atoms with Crippen molar-refractivity contribution in [3.63, 3.8) is 0 Å². The van der Waals surface area contributed by atoms with E-state index >= 15 is 0 Å². The van der Waals surface area contributed by atoms with Gasteiger partial charge in [-0.2, -0.15) is 0 Å². The lowest BCUT2D eigenvalue weighted by Crippen LogP contribution is -2.49. The van der Waals surface area contributed by atoms with Crippen LogP contribution in [0.1, 0.15) is 13.8 Å². The molecule has 1 amide bonds. The second kappa shape index (κ2) is 5.66. The molecule has 0 aromatic carbocycles. The highest BCUT2D eigenvalue weighted by atomic mass is 32.2. The predicted molar refractivity (Wildman–Crippen MR) is 52.2 cm³/mol. The van der Waals surface area contributed by atoms with Crippen molar-refractivity contribution in [1.82, 2.24) is 4.72 Å². The Kier molecular flexibility index (Phi) is 5.23. The van der Waals surface area contributed by atoms with E-state index in [4.69, 9.17) is 5.73 Å². The molecule has 0 aliphatic rings. The summed E-state index contributed by atoms with van der Waals surface area (Å²) in [5.74, 6) is -2.31. The fourth-order valence-electron chi connectivity index (χ4n) is 0.628. The lowest BCUT2D eigenvalue weighted by Gasteiger charge is -2.10. The third-order valence-corrected chi connectivity index (χ3v) is 2.73. The Morgan fingerprint density at radius 2 is 1.93 bits per heavy atom. The fourth-order valence-corrected chi connectivity index (χ4v) is 1.21. The van der Waals surface area contributed by atoms with Crippen molar-refractivity contribution in [3.8, 4) is 0 Å². The number of nitrogens with one attached hydrogen (secondary N) is 1. The maximum absolute atomic E-state index is 11.1. The highest BCUT2D eigenvalue weighted by molar-refractivity contribution is 7.90. The Bertz CT molecular complexity index is 337. The molecule has 7 nitrogen and oxygen atoms in total. The minimum atomic E-state index is -3.70. The molecule has 1 unspecified atom stereocenters. The average molecular weight is 238 g/mol. The van der Waals surface area contributed by atoms with Crippen LogP contribution in [0.2, 0.25) is 0 Å². The Hall–Kier alpha value is -1.15. The standard InChI is InChI=1S/C7H14N2O5S/c1-3-14-7(11)5(8)6(10)9-15(12,13)4-2/h5H,3-4,8H2,1-2H3,(H,9,10). The highest BCUT2D eigenvalue weighted by Gasteiger charge is 2.26. The minimum Gasteiger partial charge on any atom is -0.464 e. The van der Waals surface area contributed by atoms with E-state index in [0.29, 0.717) is 0 Å². The Balaban J connectivity index is 4.41. The van der Waals surface area contributed by atoms with Crippen molar-refractivity contribution in [3.05, 3.63) is 0 Å². The van der Waals surface area contributed by atoms with Crippen LogP contribution in [-0.4, -0.2) is 38.7 Å². The summed E-state index contributed by atoms with van der Waals surface area (Å²) in [6, 6.07) is -1.62. The van der Waals surface area contributed by atoms with Gasteiger partial charge >= 0.3 is 5.97 Å². The molecule has 3 N–H and O–H groups in total. The number of hydrogen-bond acceptors (Lipinski definition) is 6. The number of hydrogen-bond donors (Lipinski definition) is 2. The van der Waals surface area contributed by atoms with Crippen molar-refractivity contribution >= 4 is 21.9 Å². The summed E-state index contributed by atoms with van der Waals surface area (Å²) in [5, 5.41) is 0. The predicted octanol–water partition coefficient (Wildman–Crippen LogP) is -1.66. The van der Waals surface area contributed by atoms with Gasteiger partial charge in [-0.1, -0.05) is 0 Å². The van der Waals surface area contributed by atoms with E-state index in [1.807, 2.05) is 0 Å². The summed E-state index contributed by atoms with van der Waals surface area (Å²) in [7, 11) is -3.70. The van der Waals surface area contributed by atoms with Gasteiger partial charge in [-0.15, -0.1) is 0 Å². The summed E-state index contributed by atoms with van der Waals surface area (Å²) >= 11 is 0. The molecule has 0 saturated heterocycles. The Morgan fingerprint density at radius 1 is 1.40 bits per heavy atom. The van der Waals surface area contributed by atoms with Crippen LogP contribution in [0.5, 0.6) is 0 Å².